The molecule has 17 heavy (non-hydrogen) atoms. The topological polar surface area (TPSA) is 55.0 Å². The average molecular weight is 232 g/mol. The van der Waals surface area contributed by atoms with E-state index in [1.165, 1.54) is 5.57 Å². The van der Waals surface area contributed by atoms with E-state index in [1.54, 1.807) is 12.4 Å². The molecule has 1 aromatic rings. The van der Waals surface area contributed by atoms with Crippen LogP contribution in [-0.2, 0) is 0 Å². The van der Waals surface area contributed by atoms with Crippen LogP contribution in [0.3, 0.4) is 0 Å². The number of nitrogen functional groups attached to an aromatic ring is 1. The minimum atomic E-state index is 0.271. The van der Waals surface area contributed by atoms with Crippen molar-refractivity contribution in [3.8, 4) is 0 Å². The van der Waals surface area contributed by atoms with Gasteiger partial charge in [-0.2, -0.15) is 0 Å². The van der Waals surface area contributed by atoms with Crippen molar-refractivity contribution in [3.63, 3.8) is 0 Å². The highest BCUT2D eigenvalue weighted by Crippen LogP contribution is 2.30. The third-order valence-electron chi connectivity index (χ3n) is 3.14. The van der Waals surface area contributed by atoms with Crippen LogP contribution in [0.25, 0.3) is 0 Å². The fraction of sp³-hybridized carbons (Fsp3) is 0.538. The van der Waals surface area contributed by atoms with E-state index >= 15 is 0 Å². The lowest BCUT2D eigenvalue weighted by atomic mass is 9.83. The van der Waals surface area contributed by atoms with Gasteiger partial charge in [-0.3, -0.25) is 4.98 Å². The van der Waals surface area contributed by atoms with Gasteiger partial charge in [-0.15, -0.1) is 0 Å². The minimum Gasteiger partial charge on any atom is -0.382 e. The molecule has 0 spiro atoms. The summed E-state index contributed by atoms with van der Waals surface area (Å²) in [5.41, 5.74) is 7.44. The normalized spacial score (nSPS) is 16.9. The smallest absolute Gasteiger partial charge is 0.149 e. The first-order chi connectivity index (χ1) is 7.97. The Morgan fingerprint density at radius 1 is 1.29 bits per heavy atom. The molecule has 0 aliphatic carbocycles. The van der Waals surface area contributed by atoms with Gasteiger partial charge in [0.25, 0.3) is 0 Å². The molecule has 0 saturated carbocycles. The van der Waals surface area contributed by atoms with Crippen LogP contribution in [0.15, 0.2) is 24.0 Å². The number of aromatic nitrogens is 2. The number of rotatable bonds is 1. The van der Waals surface area contributed by atoms with E-state index in [0.717, 1.165) is 25.3 Å². The van der Waals surface area contributed by atoms with Gasteiger partial charge in [0.15, 0.2) is 0 Å². The molecule has 0 fully saturated rings. The monoisotopic (exact) mass is 232 g/mol. The van der Waals surface area contributed by atoms with E-state index in [2.05, 4.69) is 41.7 Å². The van der Waals surface area contributed by atoms with Crippen LogP contribution in [0.4, 0.5) is 11.6 Å². The van der Waals surface area contributed by atoms with Gasteiger partial charge in [0.1, 0.15) is 11.6 Å². The predicted octanol–water partition coefficient (Wildman–Crippen LogP) is 2.24. The van der Waals surface area contributed by atoms with E-state index in [0.29, 0.717) is 5.82 Å². The Bertz CT molecular complexity index is 431. The van der Waals surface area contributed by atoms with E-state index in [9.17, 15) is 0 Å². The third kappa shape index (κ3) is 2.75. The SMILES string of the molecule is CC(C)(C)C1=CCN(c2cncc(N)n2)CC1. The Morgan fingerprint density at radius 3 is 2.59 bits per heavy atom. The number of nitrogens with zero attached hydrogens (tertiary/aromatic N) is 3. The highest BCUT2D eigenvalue weighted by Gasteiger charge is 2.21. The Balaban J connectivity index is 2.12. The van der Waals surface area contributed by atoms with Gasteiger partial charge in [-0.05, 0) is 11.8 Å². The standard InChI is InChI=1S/C13H20N4/c1-13(2,3)10-4-6-17(7-5-10)12-9-15-8-11(14)16-12/h4,8-9H,5-7H2,1-3H3,(H2,14,16). The highest BCUT2D eigenvalue weighted by molar-refractivity contribution is 5.43. The molecule has 2 N–H and O–H groups in total. The number of anilines is 2. The van der Waals surface area contributed by atoms with E-state index < -0.39 is 0 Å². The minimum absolute atomic E-state index is 0.271. The lowest BCUT2D eigenvalue weighted by Crippen LogP contribution is -2.32. The zero-order chi connectivity index (χ0) is 12.5. The Morgan fingerprint density at radius 2 is 2.06 bits per heavy atom. The van der Waals surface area contributed by atoms with Gasteiger partial charge in [0.2, 0.25) is 0 Å². The summed E-state index contributed by atoms with van der Waals surface area (Å²) >= 11 is 0. The maximum atomic E-state index is 5.65. The van der Waals surface area contributed by atoms with Gasteiger partial charge in [0, 0.05) is 13.1 Å². The molecule has 0 bridgehead atoms. The fourth-order valence-corrected chi connectivity index (χ4v) is 2.08. The van der Waals surface area contributed by atoms with Crippen LogP contribution in [-0.4, -0.2) is 23.1 Å². The number of hydrogen-bond acceptors (Lipinski definition) is 4. The summed E-state index contributed by atoms with van der Waals surface area (Å²) in [5.74, 6) is 1.35. The lowest BCUT2D eigenvalue weighted by molar-refractivity contribution is 0.472. The molecule has 0 amide bonds. The molecular formula is C13H20N4. The molecule has 4 heteroatoms. The lowest BCUT2D eigenvalue weighted by Gasteiger charge is -2.32. The van der Waals surface area contributed by atoms with Gasteiger partial charge in [0.05, 0.1) is 12.4 Å². The molecule has 4 nitrogen and oxygen atoms in total. The van der Waals surface area contributed by atoms with Crippen LogP contribution in [0.5, 0.6) is 0 Å². The van der Waals surface area contributed by atoms with Crippen molar-refractivity contribution in [2.45, 2.75) is 27.2 Å². The second-order valence-electron chi connectivity index (χ2n) is 5.48. The van der Waals surface area contributed by atoms with Crippen molar-refractivity contribution in [2.75, 3.05) is 23.7 Å². The quantitative estimate of drug-likeness (QED) is 0.754. The molecule has 92 valence electrons. The van der Waals surface area contributed by atoms with Gasteiger partial charge >= 0.3 is 0 Å². The van der Waals surface area contributed by atoms with Crippen molar-refractivity contribution in [1.82, 2.24) is 9.97 Å². The van der Waals surface area contributed by atoms with E-state index in [4.69, 9.17) is 5.73 Å². The van der Waals surface area contributed by atoms with E-state index in [1.807, 2.05) is 0 Å². The molecule has 1 aliphatic rings. The summed E-state index contributed by atoms with van der Waals surface area (Å²) < 4.78 is 0. The Kier molecular flexibility index (Phi) is 3.05. The zero-order valence-corrected chi connectivity index (χ0v) is 10.8. The second kappa shape index (κ2) is 4.35. The van der Waals surface area contributed by atoms with Crippen molar-refractivity contribution in [3.05, 3.63) is 24.0 Å². The van der Waals surface area contributed by atoms with Crippen LogP contribution in [0.2, 0.25) is 0 Å². The zero-order valence-electron chi connectivity index (χ0n) is 10.8. The van der Waals surface area contributed by atoms with Crippen molar-refractivity contribution in [2.24, 2.45) is 5.41 Å². The first-order valence-corrected chi connectivity index (χ1v) is 5.99. The van der Waals surface area contributed by atoms with Crippen LogP contribution >= 0.6 is 0 Å². The molecule has 0 unspecified atom stereocenters. The summed E-state index contributed by atoms with van der Waals surface area (Å²) in [5, 5.41) is 0. The summed E-state index contributed by atoms with van der Waals surface area (Å²) in [4.78, 5) is 10.6. The van der Waals surface area contributed by atoms with Crippen molar-refractivity contribution < 1.29 is 0 Å². The largest absolute Gasteiger partial charge is 0.382 e. The average Bonchev–Trinajstić information content (AvgIpc) is 2.28. The predicted molar refractivity (Wildman–Crippen MR) is 70.8 cm³/mol. The highest BCUT2D eigenvalue weighted by atomic mass is 15.2. The van der Waals surface area contributed by atoms with Crippen molar-refractivity contribution in [1.29, 1.82) is 0 Å². The molecule has 1 aliphatic heterocycles. The van der Waals surface area contributed by atoms with Crippen LogP contribution in [0, 0.1) is 5.41 Å². The molecular weight excluding hydrogens is 212 g/mol. The number of hydrogen-bond donors (Lipinski definition) is 1. The molecule has 0 atom stereocenters. The maximum Gasteiger partial charge on any atom is 0.149 e. The van der Waals surface area contributed by atoms with Gasteiger partial charge < -0.3 is 10.6 Å². The van der Waals surface area contributed by atoms with Gasteiger partial charge in [-0.1, -0.05) is 32.4 Å². The first kappa shape index (κ1) is 11.9. The third-order valence-corrected chi connectivity index (χ3v) is 3.14. The number of nitrogens with two attached hydrogens (primary N) is 1. The van der Waals surface area contributed by atoms with Crippen LogP contribution in [0.1, 0.15) is 27.2 Å². The Hall–Kier alpha value is -1.58. The Labute approximate surface area is 103 Å². The fourth-order valence-electron chi connectivity index (χ4n) is 2.08. The summed E-state index contributed by atoms with van der Waals surface area (Å²) in [6.45, 7) is 8.66. The molecule has 0 radical (unpaired) electrons. The van der Waals surface area contributed by atoms with E-state index in [-0.39, 0.29) is 5.41 Å². The summed E-state index contributed by atoms with van der Waals surface area (Å²) in [7, 11) is 0. The summed E-state index contributed by atoms with van der Waals surface area (Å²) in [6.07, 6.45) is 6.73. The maximum absolute atomic E-state index is 5.65. The van der Waals surface area contributed by atoms with Gasteiger partial charge in [-0.25, -0.2) is 4.98 Å². The van der Waals surface area contributed by atoms with Crippen LogP contribution < -0.4 is 10.6 Å². The molecule has 2 rings (SSSR count). The summed E-state index contributed by atoms with van der Waals surface area (Å²) in [6, 6.07) is 0. The molecule has 0 saturated heterocycles. The molecule has 2 heterocycles. The second-order valence-corrected chi connectivity index (χ2v) is 5.48. The molecule has 1 aromatic heterocycles. The van der Waals surface area contributed by atoms with Crippen molar-refractivity contribution >= 4 is 11.6 Å². The first-order valence-electron chi connectivity index (χ1n) is 5.99. The molecule has 0 aromatic carbocycles.